The van der Waals surface area contributed by atoms with Crippen molar-refractivity contribution in [2.45, 2.75) is 160 Å². The molecule has 5 rings (SSSR count). The molecule has 452 valence electrons. The number of amides is 10. The molecule has 0 aromatic heterocycles. The Kier molecular flexibility index (Phi) is 25.6. The molecule has 0 saturated carbocycles. The van der Waals surface area contributed by atoms with E-state index in [0.717, 1.165) is 0 Å². The lowest BCUT2D eigenvalue weighted by atomic mass is 9.88. The molecule has 10 amide bonds. The highest BCUT2D eigenvalue weighted by atomic mass is 16.3. The fourth-order valence-electron chi connectivity index (χ4n) is 10.2. The quantitative estimate of drug-likeness (QED) is 0.0974. The van der Waals surface area contributed by atoms with E-state index >= 15 is 4.79 Å². The molecule has 2 unspecified atom stereocenters. The molecule has 0 bridgehead atoms. The third-order valence-electron chi connectivity index (χ3n) is 15.1. The van der Waals surface area contributed by atoms with Crippen LogP contribution in [-0.4, -0.2) is 154 Å². The van der Waals surface area contributed by atoms with Crippen molar-refractivity contribution >= 4 is 59.1 Å². The maximum Gasteiger partial charge on any atom is 0.246 e. The first kappa shape index (κ1) is 66.0. The monoisotopic (exact) mass is 1150 g/mol. The van der Waals surface area contributed by atoms with Crippen LogP contribution in [0.4, 0.5) is 0 Å². The first-order valence-corrected chi connectivity index (χ1v) is 28.6. The number of carbonyl (C=O) groups is 10. The summed E-state index contributed by atoms with van der Waals surface area (Å²) in [6.45, 7) is 9.51. The lowest BCUT2D eigenvalue weighted by molar-refractivity contribution is -0.142. The molecule has 12 atom stereocenters. The maximum atomic E-state index is 15.0. The van der Waals surface area contributed by atoms with Crippen molar-refractivity contribution in [2.24, 2.45) is 35.1 Å². The topological polar surface area (TPSA) is 363 Å². The van der Waals surface area contributed by atoms with Gasteiger partial charge in [0.1, 0.15) is 48.3 Å². The number of nitrogens with one attached hydrogen (secondary N) is 8. The molecule has 0 spiro atoms. The molecule has 3 aromatic rings. The van der Waals surface area contributed by atoms with Gasteiger partial charge in [-0.25, -0.2) is 0 Å². The molecule has 2 heterocycles. The third kappa shape index (κ3) is 20.0. The summed E-state index contributed by atoms with van der Waals surface area (Å²) in [7, 11) is 0. The zero-order valence-corrected chi connectivity index (χ0v) is 48.3. The predicted octanol–water partition coefficient (Wildman–Crippen LogP) is -0.461. The van der Waals surface area contributed by atoms with Gasteiger partial charge in [-0.15, -0.1) is 0 Å². The predicted molar refractivity (Wildman–Crippen MR) is 308 cm³/mol. The Bertz CT molecular complexity index is 2680. The highest BCUT2D eigenvalue weighted by Gasteiger charge is 2.42. The number of hydrogen-bond donors (Lipinski definition) is 12. The molecule has 3 aromatic carbocycles. The Morgan fingerprint density at radius 1 is 0.578 bits per heavy atom. The molecule has 14 N–H and O–H groups in total. The number of nitrogens with two attached hydrogens (primary N) is 2. The van der Waals surface area contributed by atoms with Crippen molar-refractivity contribution in [1.29, 1.82) is 0 Å². The average molecular weight is 1150 g/mol. The molecule has 2 fully saturated rings. The van der Waals surface area contributed by atoms with Gasteiger partial charge in [-0.3, -0.25) is 47.9 Å². The maximum absolute atomic E-state index is 15.0. The summed E-state index contributed by atoms with van der Waals surface area (Å²) in [6, 6.07) is 15.7. The first-order valence-electron chi connectivity index (χ1n) is 28.6. The number of β-amino-alcohol motifs (C(OH)–C–C–N with tert-alkyl or cyclic N) is 1. The third-order valence-corrected chi connectivity index (χ3v) is 15.1. The Morgan fingerprint density at radius 2 is 1.04 bits per heavy atom. The minimum absolute atomic E-state index is 0.0168. The number of hydrogen-bond acceptors (Lipinski definition) is 13. The van der Waals surface area contributed by atoms with Crippen LogP contribution >= 0.6 is 0 Å². The molecule has 23 nitrogen and oxygen atoms in total. The number of primary amides is 1. The molecule has 83 heavy (non-hydrogen) atoms. The van der Waals surface area contributed by atoms with Gasteiger partial charge in [-0.2, -0.15) is 0 Å². The number of aliphatic hydroxyl groups is 2. The number of carbonyl (C=O) groups excluding carboxylic acids is 10. The zero-order valence-electron chi connectivity index (χ0n) is 48.3. The van der Waals surface area contributed by atoms with E-state index in [1.165, 1.54) is 18.7 Å². The van der Waals surface area contributed by atoms with Gasteiger partial charge in [0.25, 0.3) is 0 Å². The second-order valence-electron chi connectivity index (χ2n) is 22.5. The minimum Gasteiger partial charge on any atom is -0.392 e. The van der Waals surface area contributed by atoms with E-state index in [-0.39, 0.29) is 64.0 Å². The largest absolute Gasteiger partial charge is 0.392 e. The molecule has 2 aliphatic rings. The van der Waals surface area contributed by atoms with E-state index in [4.69, 9.17) is 11.5 Å². The van der Waals surface area contributed by atoms with Crippen LogP contribution in [0.1, 0.15) is 96.8 Å². The van der Waals surface area contributed by atoms with Gasteiger partial charge in [0.2, 0.25) is 59.1 Å². The molecule has 0 aliphatic carbocycles. The van der Waals surface area contributed by atoms with Crippen molar-refractivity contribution in [3.63, 3.8) is 0 Å². The van der Waals surface area contributed by atoms with Crippen molar-refractivity contribution in [3.8, 4) is 0 Å². The summed E-state index contributed by atoms with van der Waals surface area (Å²) in [5.41, 5.74) is 13.3. The Labute approximate surface area is 485 Å². The fourth-order valence-corrected chi connectivity index (χ4v) is 10.2. The number of fused-ring (bicyclic) bond motifs is 1. The second-order valence-corrected chi connectivity index (χ2v) is 22.5. The van der Waals surface area contributed by atoms with Gasteiger partial charge in [0, 0.05) is 38.3 Å². The summed E-state index contributed by atoms with van der Waals surface area (Å²) in [4.78, 5) is 143. The van der Waals surface area contributed by atoms with Crippen molar-refractivity contribution in [1.82, 2.24) is 47.4 Å². The van der Waals surface area contributed by atoms with E-state index in [0.29, 0.717) is 23.1 Å². The highest BCUT2D eigenvalue weighted by Crippen LogP contribution is 2.22. The van der Waals surface area contributed by atoms with E-state index in [1.54, 1.807) is 105 Å². The molecule has 0 radical (unpaired) electrons. The van der Waals surface area contributed by atoms with Gasteiger partial charge in [-0.05, 0) is 67.2 Å². The van der Waals surface area contributed by atoms with Gasteiger partial charge >= 0.3 is 0 Å². The zero-order chi connectivity index (χ0) is 60.9. The number of benzene rings is 3. The van der Waals surface area contributed by atoms with Crippen LogP contribution in [0.15, 0.2) is 91.0 Å². The lowest BCUT2D eigenvalue weighted by Gasteiger charge is -2.32. The molecule has 23 heteroatoms. The Hall–Kier alpha value is -7.76. The highest BCUT2D eigenvalue weighted by molar-refractivity contribution is 5.99. The fraction of sp³-hybridized carbons (Fsp3) is 0.533. The smallest absolute Gasteiger partial charge is 0.246 e. The summed E-state index contributed by atoms with van der Waals surface area (Å²) < 4.78 is 0. The van der Waals surface area contributed by atoms with Crippen molar-refractivity contribution < 1.29 is 58.2 Å². The van der Waals surface area contributed by atoms with Gasteiger partial charge < -0.3 is 69.1 Å². The summed E-state index contributed by atoms with van der Waals surface area (Å²) in [6.07, 6.45) is -3.03. The minimum atomic E-state index is -1.64. The van der Waals surface area contributed by atoms with Gasteiger partial charge in [0.05, 0.1) is 24.5 Å². The average Bonchev–Trinajstić information content (AvgIpc) is 4.12. The summed E-state index contributed by atoms with van der Waals surface area (Å²) >= 11 is 0. The van der Waals surface area contributed by atoms with E-state index in [1.807, 2.05) is 13.8 Å². The summed E-state index contributed by atoms with van der Waals surface area (Å²) in [5.74, 6) is -11.0. The normalized spacial score (nSPS) is 27.4. The van der Waals surface area contributed by atoms with Gasteiger partial charge in [-0.1, -0.05) is 133 Å². The van der Waals surface area contributed by atoms with E-state index in [9.17, 15) is 53.4 Å². The Morgan fingerprint density at radius 3 is 1.54 bits per heavy atom. The SMILES string of the molecule is CC(C)CC1NC(=O)[C@H](CCCN)NC(=O)[C@H](C(C)C)NC(=O)[C@@H](C)[C@@H](O)[C@@H](C)[C@H](O)CNC(=O)C(CC(N)=O)NC(=O)[C@@H](Cc2ccccc2)NC(=O)[C@H](Cc2ccccc2)NC(=O)[C@@H]2CCCN2C(=O)[C@@H](Cc2ccccc2)NC1=O. The molecule has 2 saturated heterocycles. The first-order chi connectivity index (χ1) is 39.5. The molecule has 2 aliphatic heterocycles. The molecular formula is C60H85N11O12. The standard InChI is InChI=1S/C60H85N11O12/c1-34(2)28-42-55(78)69-46(31-40-22-14-9-15-23-40)60(83)71-27-17-25-47(71)58(81)68-44(30-39-20-12-8-13-21-39)57(80)66-43(29-38-18-10-7-11-19-38)56(79)67-45(32-49(62)73)53(76)63-33-48(72)36(5)51(74)37(6)52(75)70-50(35(3)4)59(82)64-41(24-16-26-61)54(77)65-42/h7-15,18-23,34-37,41-48,50-51,72,74H,16-17,24-33,61H2,1-6H3,(H2,62,73)(H,63,76)(H,64,82)(H,65,77)(H,66,80)(H,67,79)(H,68,81)(H,69,78)(H,70,75)/t36-,37-,41-,42?,43+,44-,45?,46+,47-,48+,50-,51-/m0/s1. The summed E-state index contributed by atoms with van der Waals surface area (Å²) in [5, 5.41) is 44.4. The van der Waals surface area contributed by atoms with Gasteiger partial charge in [0.15, 0.2) is 0 Å². The number of aliphatic hydroxyl groups excluding tert-OH is 2. The van der Waals surface area contributed by atoms with Crippen LogP contribution in [0.2, 0.25) is 0 Å². The van der Waals surface area contributed by atoms with Crippen LogP contribution < -0.4 is 54.0 Å². The van der Waals surface area contributed by atoms with Crippen molar-refractivity contribution in [3.05, 3.63) is 108 Å². The second kappa shape index (κ2) is 32.2. The van der Waals surface area contributed by atoms with Crippen LogP contribution in [0.5, 0.6) is 0 Å². The lowest BCUT2D eigenvalue weighted by Crippen LogP contribution is -2.61. The number of rotatable bonds is 14. The van der Waals surface area contributed by atoms with Crippen molar-refractivity contribution in [2.75, 3.05) is 19.6 Å². The van der Waals surface area contributed by atoms with E-state index < -0.39 is 150 Å². The van der Waals surface area contributed by atoms with Crippen LogP contribution in [0.3, 0.4) is 0 Å². The van der Waals surface area contributed by atoms with E-state index in [2.05, 4.69) is 42.5 Å². The number of nitrogens with zero attached hydrogens (tertiary/aromatic N) is 1. The molecular weight excluding hydrogens is 1070 g/mol. The van der Waals surface area contributed by atoms with Crippen LogP contribution in [0.25, 0.3) is 0 Å². The Balaban J connectivity index is 1.58. The van der Waals surface area contributed by atoms with Crippen LogP contribution in [-0.2, 0) is 67.2 Å². The van der Waals surface area contributed by atoms with Crippen LogP contribution in [0, 0.1) is 23.7 Å².